The van der Waals surface area contributed by atoms with Crippen LogP contribution >= 0.6 is 0 Å². The van der Waals surface area contributed by atoms with Gasteiger partial charge in [-0.05, 0) is 35.2 Å². The number of fused-ring (bicyclic) bond motifs is 1. The summed E-state index contributed by atoms with van der Waals surface area (Å²) in [6.45, 7) is 5.15. The largest absolute Gasteiger partial charge is 0.398 e. The molecule has 2 N–H and O–H groups in total. The Hall–Kier alpha value is -1.80. The van der Waals surface area contributed by atoms with Crippen molar-refractivity contribution >= 4 is 5.69 Å². The van der Waals surface area contributed by atoms with Crippen LogP contribution in [0.25, 0.3) is 0 Å². The molecule has 2 heteroatoms. The van der Waals surface area contributed by atoms with Gasteiger partial charge in [0.05, 0.1) is 0 Å². The molecule has 0 saturated carbocycles. The molecule has 18 heavy (non-hydrogen) atoms. The second kappa shape index (κ2) is 4.46. The van der Waals surface area contributed by atoms with Gasteiger partial charge in [0.15, 0.2) is 0 Å². The van der Waals surface area contributed by atoms with E-state index in [0.717, 1.165) is 25.3 Å². The van der Waals surface area contributed by atoms with Crippen molar-refractivity contribution in [3.63, 3.8) is 0 Å². The maximum Gasteiger partial charge on any atom is 0.0363 e. The third-order valence-corrected chi connectivity index (χ3v) is 3.74. The molecule has 1 aliphatic rings. The summed E-state index contributed by atoms with van der Waals surface area (Å²) in [5, 5.41) is 0. The molecule has 92 valence electrons. The van der Waals surface area contributed by atoms with Crippen molar-refractivity contribution in [3.05, 3.63) is 64.7 Å². The van der Waals surface area contributed by atoms with Crippen molar-refractivity contribution in [3.8, 4) is 0 Å². The fourth-order valence-electron chi connectivity index (χ4n) is 2.66. The molecule has 0 unspecified atom stereocenters. The molecule has 0 radical (unpaired) electrons. The van der Waals surface area contributed by atoms with Crippen LogP contribution in [0.4, 0.5) is 5.69 Å². The molecule has 0 bridgehead atoms. The highest BCUT2D eigenvalue weighted by Crippen LogP contribution is 2.28. The highest BCUT2D eigenvalue weighted by atomic mass is 15.1. The average molecular weight is 238 g/mol. The first-order valence-electron chi connectivity index (χ1n) is 6.37. The van der Waals surface area contributed by atoms with Gasteiger partial charge >= 0.3 is 0 Å². The fourth-order valence-corrected chi connectivity index (χ4v) is 2.66. The number of benzene rings is 2. The zero-order valence-electron chi connectivity index (χ0n) is 10.7. The third-order valence-electron chi connectivity index (χ3n) is 3.74. The maximum atomic E-state index is 6.03. The van der Waals surface area contributed by atoms with Crippen molar-refractivity contribution < 1.29 is 0 Å². The average Bonchev–Trinajstić information content (AvgIpc) is 2.76. The van der Waals surface area contributed by atoms with Crippen molar-refractivity contribution in [2.75, 3.05) is 5.73 Å². The molecule has 2 aromatic carbocycles. The molecule has 1 heterocycles. The van der Waals surface area contributed by atoms with Crippen LogP contribution in [0.5, 0.6) is 0 Å². The van der Waals surface area contributed by atoms with Gasteiger partial charge in [-0.2, -0.15) is 0 Å². The number of nitrogen functional groups attached to an aromatic ring is 1. The normalized spacial score (nSPS) is 14.7. The van der Waals surface area contributed by atoms with E-state index >= 15 is 0 Å². The van der Waals surface area contributed by atoms with Crippen LogP contribution in [0.15, 0.2) is 42.5 Å². The lowest BCUT2D eigenvalue weighted by atomic mass is 10.1. The molecule has 0 aliphatic carbocycles. The lowest BCUT2D eigenvalue weighted by Gasteiger charge is -2.16. The predicted octanol–water partition coefficient (Wildman–Crippen LogP) is 3.09. The Bertz CT molecular complexity index is 575. The summed E-state index contributed by atoms with van der Waals surface area (Å²) in [4.78, 5) is 2.45. The molecule has 1 aliphatic heterocycles. The second-order valence-corrected chi connectivity index (χ2v) is 5.06. The van der Waals surface area contributed by atoms with Crippen LogP contribution in [0.1, 0.15) is 22.3 Å². The van der Waals surface area contributed by atoms with E-state index in [0.29, 0.717) is 0 Å². The van der Waals surface area contributed by atoms with E-state index in [1.807, 2.05) is 12.1 Å². The van der Waals surface area contributed by atoms with Gasteiger partial charge in [0.25, 0.3) is 0 Å². The minimum absolute atomic E-state index is 0.930. The summed E-state index contributed by atoms with van der Waals surface area (Å²) in [7, 11) is 0. The summed E-state index contributed by atoms with van der Waals surface area (Å²) in [5.74, 6) is 0. The zero-order chi connectivity index (χ0) is 12.5. The number of aryl methyl sites for hydroxylation is 1. The quantitative estimate of drug-likeness (QED) is 0.815. The minimum atomic E-state index is 0.930. The molecule has 0 aromatic heterocycles. The highest BCUT2D eigenvalue weighted by molar-refractivity contribution is 5.52. The lowest BCUT2D eigenvalue weighted by molar-refractivity contribution is 0.275. The van der Waals surface area contributed by atoms with Gasteiger partial charge in [-0.3, -0.25) is 4.90 Å². The number of rotatable bonds is 2. The van der Waals surface area contributed by atoms with Crippen LogP contribution < -0.4 is 5.73 Å². The van der Waals surface area contributed by atoms with E-state index in [2.05, 4.69) is 42.2 Å². The Labute approximate surface area is 108 Å². The number of anilines is 1. The van der Waals surface area contributed by atoms with Crippen molar-refractivity contribution in [1.82, 2.24) is 4.90 Å². The summed E-state index contributed by atoms with van der Waals surface area (Å²) in [6, 6.07) is 14.8. The van der Waals surface area contributed by atoms with Crippen LogP contribution in [-0.4, -0.2) is 4.90 Å². The molecule has 0 amide bonds. The van der Waals surface area contributed by atoms with E-state index in [1.165, 1.54) is 22.3 Å². The van der Waals surface area contributed by atoms with Crippen LogP contribution in [-0.2, 0) is 19.6 Å². The minimum Gasteiger partial charge on any atom is -0.398 e. The molecular weight excluding hydrogens is 220 g/mol. The third kappa shape index (κ3) is 2.00. The molecule has 3 rings (SSSR count). The van der Waals surface area contributed by atoms with Crippen molar-refractivity contribution in [2.45, 2.75) is 26.6 Å². The first-order chi connectivity index (χ1) is 8.74. The monoisotopic (exact) mass is 238 g/mol. The summed E-state index contributed by atoms with van der Waals surface area (Å²) in [5.41, 5.74) is 12.4. The van der Waals surface area contributed by atoms with Crippen LogP contribution in [0.3, 0.4) is 0 Å². The molecule has 0 saturated heterocycles. The SMILES string of the molecule is Cc1ccccc1CN1Cc2cccc(N)c2C1. The van der Waals surface area contributed by atoms with Crippen molar-refractivity contribution in [1.29, 1.82) is 0 Å². The highest BCUT2D eigenvalue weighted by Gasteiger charge is 2.20. The molecule has 0 fully saturated rings. The maximum absolute atomic E-state index is 6.03. The van der Waals surface area contributed by atoms with Gasteiger partial charge < -0.3 is 5.73 Å². The molecular formula is C16H18N2. The van der Waals surface area contributed by atoms with Gasteiger partial charge in [0.1, 0.15) is 0 Å². The smallest absolute Gasteiger partial charge is 0.0363 e. The Morgan fingerprint density at radius 1 is 1.06 bits per heavy atom. The Morgan fingerprint density at radius 3 is 2.67 bits per heavy atom. The van der Waals surface area contributed by atoms with E-state index in [1.54, 1.807) is 0 Å². The van der Waals surface area contributed by atoms with E-state index in [-0.39, 0.29) is 0 Å². The molecule has 2 nitrogen and oxygen atoms in total. The van der Waals surface area contributed by atoms with Crippen LogP contribution in [0, 0.1) is 6.92 Å². The molecule has 0 spiro atoms. The number of hydrogen-bond acceptors (Lipinski definition) is 2. The lowest BCUT2D eigenvalue weighted by Crippen LogP contribution is -2.16. The summed E-state index contributed by atoms with van der Waals surface area (Å²) >= 11 is 0. The van der Waals surface area contributed by atoms with Gasteiger partial charge in [-0.25, -0.2) is 0 Å². The first kappa shape index (κ1) is 11.3. The van der Waals surface area contributed by atoms with Crippen molar-refractivity contribution in [2.24, 2.45) is 0 Å². The molecule has 0 atom stereocenters. The van der Waals surface area contributed by atoms with E-state index < -0.39 is 0 Å². The Balaban J connectivity index is 1.79. The van der Waals surface area contributed by atoms with E-state index in [4.69, 9.17) is 5.73 Å². The summed E-state index contributed by atoms with van der Waals surface area (Å²) in [6.07, 6.45) is 0. The van der Waals surface area contributed by atoms with Gasteiger partial charge in [0, 0.05) is 25.3 Å². The Morgan fingerprint density at radius 2 is 1.89 bits per heavy atom. The van der Waals surface area contributed by atoms with Gasteiger partial charge in [0.2, 0.25) is 0 Å². The number of nitrogens with zero attached hydrogens (tertiary/aromatic N) is 1. The fraction of sp³-hybridized carbons (Fsp3) is 0.250. The topological polar surface area (TPSA) is 29.3 Å². The second-order valence-electron chi connectivity index (χ2n) is 5.06. The zero-order valence-corrected chi connectivity index (χ0v) is 10.7. The Kier molecular flexibility index (Phi) is 2.80. The van der Waals surface area contributed by atoms with E-state index in [9.17, 15) is 0 Å². The van der Waals surface area contributed by atoms with Gasteiger partial charge in [-0.1, -0.05) is 36.4 Å². The van der Waals surface area contributed by atoms with Crippen LogP contribution in [0.2, 0.25) is 0 Å². The summed E-state index contributed by atoms with van der Waals surface area (Å²) < 4.78 is 0. The first-order valence-corrected chi connectivity index (χ1v) is 6.37. The standard InChI is InChI=1S/C16H18N2/c1-12-5-2-3-6-13(12)9-18-10-14-7-4-8-16(17)15(14)11-18/h2-8H,9-11,17H2,1H3. The number of nitrogens with two attached hydrogens (primary N) is 1. The molecule has 2 aromatic rings. The van der Waals surface area contributed by atoms with Gasteiger partial charge in [-0.15, -0.1) is 0 Å². The predicted molar refractivity (Wildman–Crippen MR) is 75.0 cm³/mol. The number of hydrogen-bond donors (Lipinski definition) is 1.